The van der Waals surface area contributed by atoms with E-state index in [1.807, 2.05) is 6.92 Å². The van der Waals surface area contributed by atoms with Crippen molar-refractivity contribution in [3.8, 4) is 0 Å². The zero-order chi connectivity index (χ0) is 13.4. The highest BCUT2D eigenvalue weighted by molar-refractivity contribution is 4.92. The lowest BCUT2D eigenvalue weighted by molar-refractivity contribution is 0.102. The van der Waals surface area contributed by atoms with Gasteiger partial charge in [0.05, 0.1) is 13.2 Å². The number of aliphatic hydroxyl groups is 1. The Morgan fingerprint density at radius 3 is 2.56 bits per heavy atom. The van der Waals surface area contributed by atoms with Crippen LogP contribution in [0.25, 0.3) is 0 Å². The lowest BCUT2D eigenvalue weighted by Crippen LogP contribution is -2.49. The van der Waals surface area contributed by atoms with E-state index in [9.17, 15) is 5.11 Å². The molecule has 2 N–H and O–H groups in total. The fourth-order valence-electron chi connectivity index (χ4n) is 2.09. The van der Waals surface area contributed by atoms with Crippen LogP contribution in [0.2, 0.25) is 0 Å². The van der Waals surface area contributed by atoms with Gasteiger partial charge in [-0.1, -0.05) is 6.92 Å². The molecule has 108 valence electrons. The SMILES string of the molecule is CCOCCN(CC)CCC(C)(CO)NC1CC1. The Bertz CT molecular complexity index is 222. The highest BCUT2D eigenvalue weighted by Crippen LogP contribution is 2.23. The molecule has 0 aromatic carbocycles. The maximum absolute atomic E-state index is 9.56. The number of aliphatic hydroxyl groups excluding tert-OH is 1. The van der Waals surface area contributed by atoms with Gasteiger partial charge in [-0.2, -0.15) is 0 Å². The number of hydrogen-bond donors (Lipinski definition) is 2. The molecular weight excluding hydrogens is 228 g/mol. The molecule has 1 aliphatic rings. The minimum Gasteiger partial charge on any atom is -0.394 e. The monoisotopic (exact) mass is 258 g/mol. The zero-order valence-electron chi connectivity index (χ0n) is 12.2. The summed E-state index contributed by atoms with van der Waals surface area (Å²) in [5, 5.41) is 13.1. The van der Waals surface area contributed by atoms with Gasteiger partial charge in [-0.3, -0.25) is 0 Å². The Kier molecular flexibility index (Phi) is 7.15. The fourth-order valence-corrected chi connectivity index (χ4v) is 2.09. The smallest absolute Gasteiger partial charge is 0.0611 e. The number of ether oxygens (including phenoxy) is 1. The van der Waals surface area contributed by atoms with Crippen LogP contribution < -0.4 is 5.32 Å². The summed E-state index contributed by atoms with van der Waals surface area (Å²) in [6, 6.07) is 0.639. The van der Waals surface area contributed by atoms with Gasteiger partial charge in [0.2, 0.25) is 0 Å². The Morgan fingerprint density at radius 2 is 2.06 bits per heavy atom. The van der Waals surface area contributed by atoms with Crippen LogP contribution in [-0.2, 0) is 4.74 Å². The molecule has 0 amide bonds. The maximum atomic E-state index is 9.56. The molecule has 1 fully saturated rings. The van der Waals surface area contributed by atoms with Gasteiger partial charge in [0.15, 0.2) is 0 Å². The normalized spacial score (nSPS) is 19.2. The van der Waals surface area contributed by atoms with Crippen LogP contribution in [0.1, 0.15) is 40.0 Å². The predicted molar refractivity (Wildman–Crippen MR) is 74.9 cm³/mol. The van der Waals surface area contributed by atoms with Gasteiger partial charge < -0.3 is 20.1 Å². The average molecular weight is 258 g/mol. The van der Waals surface area contributed by atoms with Crippen molar-refractivity contribution in [2.45, 2.75) is 51.6 Å². The molecule has 1 atom stereocenters. The predicted octanol–water partition coefficient (Wildman–Crippen LogP) is 1.24. The molecule has 18 heavy (non-hydrogen) atoms. The van der Waals surface area contributed by atoms with Gasteiger partial charge in [-0.15, -0.1) is 0 Å². The minimum atomic E-state index is -0.125. The molecule has 0 saturated heterocycles. The topological polar surface area (TPSA) is 44.7 Å². The number of hydrogen-bond acceptors (Lipinski definition) is 4. The summed E-state index contributed by atoms with van der Waals surface area (Å²) in [6.45, 7) is 11.2. The number of nitrogens with one attached hydrogen (secondary N) is 1. The van der Waals surface area contributed by atoms with Crippen LogP contribution in [0.4, 0.5) is 0 Å². The van der Waals surface area contributed by atoms with Crippen molar-refractivity contribution >= 4 is 0 Å². The van der Waals surface area contributed by atoms with Crippen molar-refractivity contribution < 1.29 is 9.84 Å². The molecule has 0 radical (unpaired) electrons. The van der Waals surface area contributed by atoms with Crippen LogP contribution in [0.5, 0.6) is 0 Å². The third-order valence-electron chi connectivity index (χ3n) is 3.66. The van der Waals surface area contributed by atoms with E-state index in [4.69, 9.17) is 4.74 Å². The van der Waals surface area contributed by atoms with E-state index in [0.717, 1.165) is 39.3 Å². The van der Waals surface area contributed by atoms with E-state index in [0.29, 0.717) is 6.04 Å². The van der Waals surface area contributed by atoms with Crippen LogP contribution in [0.15, 0.2) is 0 Å². The van der Waals surface area contributed by atoms with Crippen molar-refractivity contribution in [2.24, 2.45) is 0 Å². The van der Waals surface area contributed by atoms with E-state index < -0.39 is 0 Å². The van der Waals surface area contributed by atoms with E-state index in [1.165, 1.54) is 12.8 Å². The van der Waals surface area contributed by atoms with Gasteiger partial charge in [-0.05, 0) is 39.7 Å². The van der Waals surface area contributed by atoms with Crippen molar-refractivity contribution in [3.05, 3.63) is 0 Å². The van der Waals surface area contributed by atoms with Gasteiger partial charge >= 0.3 is 0 Å². The van der Waals surface area contributed by atoms with Crippen LogP contribution >= 0.6 is 0 Å². The third kappa shape index (κ3) is 6.14. The Hall–Kier alpha value is -0.160. The minimum absolute atomic E-state index is 0.125. The summed E-state index contributed by atoms with van der Waals surface area (Å²) in [6.07, 6.45) is 3.51. The Balaban J connectivity index is 2.24. The van der Waals surface area contributed by atoms with Crippen molar-refractivity contribution in [1.82, 2.24) is 10.2 Å². The fraction of sp³-hybridized carbons (Fsp3) is 1.00. The van der Waals surface area contributed by atoms with E-state index in [-0.39, 0.29) is 12.1 Å². The molecule has 0 heterocycles. The summed E-state index contributed by atoms with van der Waals surface area (Å²) >= 11 is 0. The molecule has 4 nitrogen and oxygen atoms in total. The van der Waals surface area contributed by atoms with Gasteiger partial charge in [-0.25, -0.2) is 0 Å². The first-order valence-electron chi connectivity index (χ1n) is 7.32. The molecule has 0 aliphatic heterocycles. The highest BCUT2D eigenvalue weighted by Gasteiger charge is 2.31. The first-order valence-corrected chi connectivity index (χ1v) is 7.32. The molecular formula is C14H30N2O2. The van der Waals surface area contributed by atoms with Crippen LogP contribution in [0.3, 0.4) is 0 Å². The first kappa shape index (κ1) is 15.9. The van der Waals surface area contributed by atoms with Gasteiger partial charge in [0, 0.05) is 31.3 Å². The molecule has 1 unspecified atom stereocenters. The van der Waals surface area contributed by atoms with Gasteiger partial charge in [0.1, 0.15) is 0 Å². The van der Waals surface area contributed by atoms with E-state index in [1.54, 1.807) is 0 Å². The quantitative estimate of drug-likeness (QED) is 0.547. The molecule has 0 bridgehead atoms. The van der Waals surface area contributed by atoms with E-state index >= 15 is 0 Å². The molecule has 1 aliphatic carbocycles. The summed E-state index contributed by atoms with van der Waals surface area (Å²) in [7, 11) is 0. The summed E-state index contributed by atoms with van der Waals surface area (Å²) in [4.78, 5) is 2.39. The van der Waals surface area contributed by atoms with Crippen LogP contribution in [-0.4, -0.2) is 61.0 Å². The molecule has 1 rings (SSSR count). The summed E-state index contributed by atoms with van der Waals surface area (Å²) in [5.74, 6) is 0. The number of likely N-dealkylation sites (N-methyl/N-ethyl adjacent to an activating group) is 1. The number of rotatable bonds is 11. The highest BCUT2D eigenvalue weighted by atomic mass is 16.5. The van der Waals surface area contributed by atoms with Crippen molar-refractivity contribution in [1.29, 1.82) is 0 Å². The average Bonchev–Trinajstić information content (AvgIpc) is 3.17. The number of nitrogens with zero attached hydrogens (tertiary/aromatic N) is 1. The second-order valence-electron chi connectivity index (χ2n) is 5.52. The van der Waals surface area contributed by atoms with Crippen molar-refractivity contribution in [2.75, 3.05) is 39.5 Å². The van der Waals surface area contributed by atoms with Gasteiger partial charge in [0.25, 0.3) is 0 Å². The standard InChI is InChI=1S/C14H30N2O2/c1-4-16(10-11-18-5-2)9-8-14(3,12-17)15-13-6-7-13/h13,15,17H,4-12H2,1-3H3. The second-order valence-corrected chi connectivity index (χ2v) is 5.52. The zero-order valence-corrected chi connectivity index (χ0v) is 12.2. The Labute approximate surface area is 112 Å². The maximum Gasteiger partial charge on any atom is 0.0611 e. The summed E-state index contributed by atoms with van der Waals surface area (Å²) < 4.78 is 5.39. The lowest BCUT2D eigenvalue weighted by Gasteiger charge is -2.32. The lowest BCUT2D eigenvalue weighted by atomic mass is 9.98. The van der Waals surface area contributed by atoms with Crippen molar-refractivity contribution in [3.63, 3.8) is 0 Å². The third-order valence-corrected chi connectivity index (χ3v) is 3.66. The Morgan fingerprint density at radius 1 is 1.33 bits per heavy atom. The molecule has 1 saturated carbocycles. The second kappa shape index (κ2) is 8.10. The van der Waals surface area contributed by atoms with E-state index in [2.05, 4.69) is 24.1 Å². The molecule has 0 spiro atoms. The molecule has 0 aromatic rings. The first-order chi connectivity index (χ1) is 8.63. The largest absolute Gasteiger partial charge is 0.394 e. The molecule has 4 heteroatoms. The molecule has 0 aromatic heterocycles. The summed E-state index contributed by atoms with van der Waals surface area (Å²) in [5.41, 5.74) is -0.125. The van der Waals surface area contributed by atoms with Crippen LogP contribution in [0, 0.1) is 0 Å².